The molecule has 1 atom stereocenters. The molecule has 82 valence electrons. The third-order valence-corrected chi connectivity index (χ3v) is 3.05. The Labute approximate surface area is 95.9 Å². The molecule has 0 aromatic carbocycles. The molecule has 0 aromatic rings. The molecule has 0 amide bonds. The van der Waals surface area contributed by atoms with E-state index < -0.39 is 0 Å². The van der Waals surface area contributed by atoms with Crippen LogP contribution in [0.25, 0.3) is 0 Å². The van der Waals surface area contributed by atoms with Crippen LogP contribution in [-0.2, 0) is 4.74 Å². The molecule has 3 rings (SSSR count). The van der Waals surface area contributed by atoms with E-state index in [1.807, 2.05) is 18.2 Å². The van der Waals surface area contributed by atoms with E-state index in [2.05, 4.69) is 35.9 Å². The molecular formula is C14H15NO. The van der Waals surface area contributed by atoms with Gasteiger partial charge < -0.3 is 9.64 Å². The molecule has 0 saturated heterocycles. The van der Waals surface area contributed by atoms with Gasteiger partial charge in [0, 0.05) is 18.7 Å². The van der Waals surface area contributed by atoms with Crippen molar-refractivity contribution < 1.29 is 4.74 Å². The van der Waals surface area contributed by atoms with E-state index in [-0.39, 0.29) is 6.04 Å². The molecule has 16 heavy (non-hydrogen) atoms. The van der Waals surface area contributed by atoms with Gasteiger partial charge in [-0.1, -0.05) is 18.2 Å². The first-order chi connectivity index (χ1) is 7.84. The van der Waals surface area contributed by atoms with Crippen LogP contribution < -0.4 is 0 Å². The predicted octanol–water partition coefficient (Wildman–Crippen LogP) is 2.53. The van der Waals surface area contributed by atoms with Crippen molar-refractivity contribution in [3.05, 3.63) is 53.6 Å². The highest BCUT2D eigenvalue weighted by Crippen LogP contribution is 2.30. The third kappa shape index (κ3) is 1.72. The summed E-state index contributed by atoms with van der Waals surface area (Å²) < 4.78 is 5.89. The van der Waals surface area contributed by atoms with E-state index in [1.165, 1.54) is 18.4 Å². The summed E-state index contributed by atoms with van der Waals surface area (Å²) in [6.45, 7) is 0. The van der Waals surface area contributed by atoms with Gasteiger partial charge in [-0.2, -0.15) is 0 Å². The van der Waals surface area contributed by atoms with E-state index in [4.69, 9.17) is 4.74 Å². The Morgan fingerprint density at radius 3 is 3.06 bits per heavy atom. The van der Waals surface area contributed by atoms with Crippen LogP contribution >= 0.6 is 0 Å². The Hall–Kier alpha value is -1.66. The van der Waals surface area contributed by atoms with Gasteiger partial charge in [-0.3, -0.25) is 0 Å². The average Bonchev–Trinajstić information content (AvgIpc) is 3.11. The van der Waals surface area contributed by atoms with Crippen molar-refractivity contribution >= 4 is 0 Å². The number of ether oxygens (including phenoxy) is 1. The summed E-state index contributed by atoms with van der Waals surface area (Å²) >= 11 is 0. The van der Waals surface area contributed by atoms with Crippen molar-refractivity contribution in [2.24, 2.45) is 0 Å². The van der Waals surface area contributed by atoms with Crippen molar-refractivity contribution in [1.82, 2.24) is 4.90 Å². The molecule has 2 nitrogen and oxygen atoms in total. The van der Waals surface area contributed by atoms with Crippen molar-refractivity contribution in [3.63, 3.8) is 0 Å². The second-order valence-corrected chi connectivity index (χ2v) is 4.39. The quantitative estimate of drug-likeness (QED) is 0.653. The standard InChI is InChI=1S/C14H15NO/c1-15-13-7-3-2-5-11(13)6-4-8-14(15)16-12-9-10-12/h2-5,7-8,12-13H,9-10H2,1H3. The van der Waals surface area contributed by atoms with Gasteiger partial charge in [0.15, 0.2) is 5.88 Å². The first-order valence-electron chi connectivity index (χ1n) is 5.76. The summed E-state index contributed by atoms with van der Waals surface area (Å²) in [7, 11) is 2.07. The van der Waals surface area contributed by atoms with Gasteiger partial charge in [0.2, 0.25) is 0 Å². The second-order valence-electron chi connectivity index (χ2n) is 4.39. The monoisotopic (exact) mass is 213 g/mol. The van der Waals surface area contributed by atoms with Crippen LogP contribution in [0.1, 0.15) is 12.8 Å². The van der Waals surface area contributed by atoms with Gasteiger partial charge in [0.05, 0.1) is 6.04 Å². The highest BCUT2D eigenvalue weighted by atomic mass is 16.5. The summed E-state index contributed by atoms with van der Waals surface area (Å²) in [5.41, 5.74) is 4.48. The fraction of sp³-hybridized carbons (Fsp3) is 0.357. The van der Waals surface area contributed by atoms with Gasteiger partial charge >= 0.3 is 0 Å². The topological polar surface area (TPSA) is 12.5 Å². The number of fused-ring (bicyclic) bond motifs is 1. The Bertz CT molecular complexity index is 445. The van der Waals surface area contributed by atoms with Crippen molar-refractivity contribution in [3.8, 4) is 0 Å². The van der Waals surface area contributed by atoms with Crippen LogP contribution in [0.5, 0.6) is 0 Å². The largest absolute Gasteiger partial charge is 0.476 e. The van der Waals surface area contributed by atoms with E-state index >= 15 is 0 Å². The zero-order chi connectivity index (χ0) is 11.0. The highest BCUT2D eigenvalue weighted by Gasteiger charge is 2.28. The number of likely N-dealkylation sites (N-methyl/N-ethyl adjacent to an activating group) is 1. The smallest absolute Gasteiger partial charge is 0.190 e. The summed E-state index contributed by atoms with van der Waals surface area (Å²) in [6.07, 6.45) is 15.2. The lowest BCUT2D eigenvalue weighted by atomic mass is 10.0. The molecule has 0 spiro atoms. The Balaban J connectivity index is 1.90. The molecule has 0 N–H and O–H groups in total. The lowest BCUT2D eigenvalue weighted by molar-refractivity contribution is 0.110. The number of hydrogen-bond donors (Lipinski definition) is 0. The van der Waals surface area contributed by atoms with Gasteiger partial charge in [0.1, 0.15) is 6.10 Å². The normalized spacial score (nSPS) is 27.1. The molecule has 2 aliphatic carbocycles. The maximum Gasteiger partial charge on any atom is 0.190 e. The van der Waals surface area contributed by atoms with Crippen LogP contribution in [0.15, 0.2) is 53.6 Å². The van der Waals surface area contributed by atoms with E-state index in [0.29, 0.717) is 6.10 Å². The molecule has 0 aromatic heterocycles. The minimum Gasteiger partial charge on any atom is -0.476 e. The summed E-state index contributed by atoms with van der Waals surface area (Å²) in [5, 5.41) is 0. The van der Waals surface area contributed by atoms with Gasteiger partial charge in [-0.05, 0) is 25.0 Å². The SMILES string of the molecule is CN1C(OC2CC2)=CC=C=C2C=CC=CC21. The molecule has 1 aliphatic heterocycles. The summed E-state index contributed by atoms with van der Waals surface area (Å²) in [5.74, 6) is 0.954. The van der Waals surface area contributed by atoms with Crippen molar-refractivity contribution in [1.29, 1.82) is 0 Å². The van der Waals surface area contributed by atoms with E-state index in [9.17, 15) is 0 Å². The first kappa shape index (κ1) is 9.56. The maximum atomic E-state index is 5.89. The average molecular weight is 213 g/mol. The maximum absolute atomic E-state index is 5.89. The molecule has 0 radical (unpaired) electrons. The summed E-state index contributed by atoms with van der Waals surface area (Å²) in [6, 6.07) is 0.258. The number of rotatable bonds is 2. The minimum absolute atomic E-state index is 0.258. The first-order valence-corrected chi connectivity index (χ1v) is 5.76. The Morgan fingerprint density at radius 2 is 2.25 bits per heavy atom. The van der Waals surface area contributed by atoms with E-state index in [0.717, 1.165) is 5.88 Å². The lowest BCUT2D eigenvalue weighted by Gasteiger charge is -2.29. The third-order valence-electron chi connectivity index (χ3n) is 3.05. The van der Waals surface area contributed by atoms with Crippen LogP contribution in [-0.4, -0.2) is 24.1 Å². The molecular weight excluding hydrogens is 198 g/mol. The minimum atomic E-state index is 0.258. The van der Waals surface area contributed by atoms with Crippen LogP contribution in [0.2, 0.25) is 0 Å². The molecule has 3 aliphatic rings. The molecule has 2 heteroatoms. The van der Waals surface area contributed by atoms with Gasteiger partial charge in [-0.25, -0.2) is 0 Å². The zero-order valence-corrected chi connectivity index (χ0v) is 9.39. The Morgan fingerprint density at radius 1 is 1.38 bits per heavy atom. The van der Waals surface area contributed by atoms with E-state index in [1.54, 1.807) is 0 Å². The molecule has 1 heterocycles. The molecule has 0 bridgehead atoms. The Kier molecular flexibility index (Phi) is 2.23. The van der Waals surface area contributed by atoms with Crippen molar-refractivity contribution in [2.75, 3.05) is 7.05 Å². The fourth-order valence-corrected chi connectivity index (χ4v) is 1.94. The summed E-state index contributed by atoms with van der Waals surface area (Å²) in [4.78, 5) is 2.17. The van der Waals surface area contributed by atoms with Gasteiger partial charge in [0.25, 0.3) is 0 Å². The fourth-order valence-electron chi connectivity index (χ4n) is 1.94. The zero-order valence-electron chi connectivity index (χ0n) is 9.39. The van der Waals surface area contributed by atoms with Crippen LogP contribution in [0.3, 0.4) is 0 Å². The number of hydrogen-bond acceptors (Lipinski definition) is 2. The molecule has 1 fully saturated rings. The molecule has 1 unspecified atom stereocenters. The predicted molar refractivity (Wildman–Crippen MR) is 63.6 cm³/mol. The second kappa shape index (κ2) is 3.73. The van der Waals surface area contributed by atoms with Crippen molar-refractivity contribution in [2.45, 2.75) is 25.0 Å². The van der Waals surface area contributed by atoms with Crippen LogP contribution in [0, 0.1) is 0 Å². The lowest BCUT2D eigenvalue weighted by Crippen LogP contribution is -2.32. The molecule has 1 saturated carbocycles. The highest BCUT2D eigenvalue weighted by molar-refractivity contribution is 5.38. The number of nitrogens with zero attached hydrogens (tertiary/aromatic N) is 1. The van der Waals surface area contributed by atoms with Crippen LogP contribution in [0.4, 0.5) is 0 Å². The van der Waals surface area contributed by atoms with Gasteiger partial charge in [-0.15, -0.1) is 5.73 Å². The number of allylic oxidation sites excluding steroid dienone is 3.